The highest BCUT2D eigenvalue weighted by molar-refractivity contribution is 5.92. The number of nitrogens with two attached hydrogens (primary N) is 1. The van der Waals surface area contributed by atoms with Crippen molar-refractivity contribution in [1.82, 2.24) is 0 Å². The van der Waals surface area contributed by atoms with Crippen molar-refractivity contribution in [2.24, 2.45) is 11.7 Å². The predicted molar refractivity (Wildman–Crippen MR) is 94.6 cm³/mol. The van der Waals surface area contributed by atoms with Crippen molar-refractivity contribution in [3.05, 3.63) is 65.5 Å². The second-order valence-electron chi connectivity index (χ2n) is 6.62. The molecule has 1 aromatic heterocycles. The number of carbonyl (C=O) groups is 2. The summed E-state index contributed by atoms with van der Waals surface area (Å²) in [6.45, 7) is 6.29. The van der Waals surface area contributed by atoms with Crippen LogP contribution in [-0.2, 0) is 22.7 Å². The van der Waals surface area contributed by atoms with Crippen molar-refractivity contribution in [3.8, 4) is 0 Å². The maximum absolute atomic E-state index is 12.2. The summed E-state index contributed by atoms with van der Waals surface area (Å²) in [6.07, 6.45) is 4.33. The van der Waals surface area contributed by atoms with Gasteiger partial charge in [0.2, 0.25) is 5.91 Å². The lowest BCUT2D eigenvalue weighted by molar-refractivity contribution is -0.727. The lowest BCUT2D eigenvalue weighted by Crippen LogP contribution is -2.36. The zero-order valence-corrected chi connectivity index (χ0v) is 14.9. The second kappa shape index (κ2) is 8.42. The fourth-order valence-corrected chi connectivity index (χ4v) is 2.52. The summed E-state index contributed by atoms with van der Waals surface area (Å²) in [7, 11) is 0. The van der Waals surface area contributed by atoms with Gasteiger partial charge in [0.1, 0.15) is 0 Å². The van der Waals surface area contributed by atoms with E-state index in [0.29, 0.717) is 11.5 Å². The summed E-state index contributed by atoms with van der Waals surface area (Å²) in [5.41, 5.74) is 7.81. The molecule has 0 bridgehead atoms. The van der Waals surface area contributed by atoms with Crippen molar-refractivity contribution in [2.75, 3.05) is 0 Å². The fraction of sp³-hybridized carbons (Fsp3) is 0.350. The number of aromatic nitrogens is 1. The Bertz CT molecular complexity index is 722. The molecule has 0 radical (unpaired) electrons. The number of hydrogen-bond donors (Lipinski definition) is 1. The van der Waals surface area contributed by atoms with Crippen LogP contribution in [0.25, 0.3) is 0 Å². The van der Waals surface area contributed by atoms with Crippen molar-refractivity contribution < 1.29 is 18.9 Å². The quantitative estimate of drug-likeness (QED) is 0.621. The summed E-state index contributed by atoms with van der Waals surface area (Å²) < 4.78 is 7.02. The molecule has 132 valence electrons. The molecule has 0 fully saturated rings. The molecule has 0 saturated carbocycles. The van der Waals surface area contributed by atoms with Gasteiger partial charge in [-0.15, -0.1) is 0 Å². The standard InChI is InChI=1S/C20H24N2O3/c1-14(2)12-16-4-6-17(7-5-16)15(3)20(24)25-13-22-10-8-18(9-11-22)19(21)23/h4-11,14-15H,12-13H2,1-3H3,(H-,21,23)/p+1. The van der Waals surface area contributed by atoms with E-state index in [1.165, 1.54) is 5.56 Å². The fourth-order valence-electron chi connectivity index (χ4n) is 2.52. The topological polar surface area (TPSA) is 73.3 Å². The summed E-state index contributed by atoms with van der Waals surface area (Å²) >= 11 is 0. The van der Waals surface area contributed by atoms with Crippen LogP contribution in [0.2, 0.25) is 0 Å². The maximum atomic E-state index is 12.2. The molecule has 0 saturated heterocycles. The van der Waals surface area contributed by atoms with Crippen molar-refractivity contribution >= 4 is 11.9 Å². The van der Waals surface area contributed by atoms with Crippen LogP contribution in [0.3, 0.4) is 0 Å². The number of amides is 1. The Morgan fingerprint density at radius 1 is 1.04 bits per heavy atom. The van der Waals surface area contributed by atoms with Crippen LogP contribution in [0.4, 0.5) is 0 Å². The van der Waals surface area contributed by atoms with Gasteiger partial charge in [0, 0.05) is 12.1 Å². The Labute approximate surface area is 148 Å². The Kier molecular flexibility index (Phi) is 6.28. The Hall–Kier alpha value is -2.69. The van der Waals surface area contributed by atoms with Crippen LogP contribution >= 0.6 is 0 Å². The number of carbonyl (C=O) groups excluding carboxylic acids is 2. The van der Waals surface area contributed by atoms with E-state index in [0.717, 1.165) is 12.0 Å². The number of primary amides is 1. The highest BCUT2D eigenvalue weighted by atomic mass is 16.5. The van der Waals surface area contributed by atoms with Crippen LogP contribution in [-0.4, -0.2) is 11.9 Å². The minimum absolute atomic E-state index is 0.0909. The average Bonchev–Trinajstić information content (AvgIpc) is 2.59. The number of benzene rings is 1. The molecule has 0 aliphatic heterocycles. The number of esters is 1. The molecule has 1 amide bonds. The number of nitrogens with zero attached hydrogens (tertiary/aromatic N) is 1. The van der Waals surface area contributed by atoms with Gasteiger partial charge in [-0.1, -0.05) is 38.1 Å². The lowest BCUT2D eigenvalue weighted by atomic mass is 9.97. The van der Waals surface area contributed by atoms with Gasteiger partial charge >= 0.3 is 5.97 Å². The van der Waals surface area contributed by atoms with E-state index < -0.39 is 5.91 Å². The molecule has 1 unspecified atom stereocenters. The third-order valence-corrected chi connectivity index (χ3v) is 4.01. The minimum Gasteiger partial charge on any atom is -0.404 e. The Balaban J connectivity index is 1.92. The van der Waals surface area contributed by atoms with Gasteiger partial charge in [-0.3, -0.25) is 9.59 Å². The highest BCUT2D eigenvalue weighted by Crippen LogP contribution is 2.18. The van der Waals surface area contributed by atoms with E-state index in [4.69, 9.17) is 10.5 Å². The summed E-state index contributed by atoms with van der Waals surface area (Å²) in [6, 6.07) is 11.3. The molecule has 0 spiro atoms. The lowest BCUT2D eigenvalue weighted by Gasteiger charge is -2.12. The first-order chi connectivity index (χ1) is 11.9. The number of pyridine rings is 1. The molecular weight excluding hydrogens is 316 g/mol. The van der Waals surface area contributed by atoms with Crippen LogP contribution in [0, 0.1) is 5.92 Å². The monoisotopic (exact) mass is 341 g/mol. The zero-order chi connectivity index (χ0) is 18.4. The first-order valence-corrected chi connectivity index (χ1v) is 8.41. The first-order valence-electron chi connectivity index (χ1n) is 8.41. The highest BCUT2D eigenvalue weighted by Gasteiger charge is 2.18. The molecule has 5 nitrogen and oxygen atoms in total. The summed E-state index contributed by atoms with van der Waals surface area (Å²) in [4.78, 5) is 23.3. The maximum Gasteiger partial charge on any atom is 0.317 e. The molecule has 2 aromatic rings. The molecule has 1 heterocycles. The normalized spacial score (nSPS) is 12.0. The van der Waals surface area contributed by atoms with E-state index in [-0.39, 0.29) is 18.6 Å². The van der Waals surface area contributed by atoms with Gasteiger partial charge in [-0.05, 0) is 30.4 Å². The minimum atomic E-state index is -0.487. The summed E-state index contributed by atoms with van der Waals surface area (Å²) in [5.74, 6) is -0.508. The van der Waals surface area contributed by atoms with Crippen molar-refractivity contribution in [3.63, 3.8) is 0 Å². The van der Waals surface area contributed by atoms with Gasteiger partial charge in [0.05, 0.1) is 11.5 Å². The van der Waals surface area contributed by atoms with Gasteiger partial charge in [-0.25, -0.2) is 0 Å². The molecule has 0 aliphatic carbocycles. The third kappa shape index (κ3) is 5.41. The number of hydrogen-bond acceptors (Lipinski definition) is 3. The molecule has 2 rings (SSSR count). The number of rotatable bonds is 7. The predicted octanol–water partition coefficient (Wildman–Crippen LogP) is 2.58. The van der Waals surface area contributed by atoms with Gasteiger partial charge < -0.3 is 10.5 Å². The van der Waals surface area contributed by atoms with Crippen LogP contribution in [0.15, 0.2) is 48.8 Å². The molecule has 0 aliphatic rings. The average molecular weight is 341 g/mol. The third-order valence-electron chi connectivity index (χ3n) is 4.01. The number of ether oxygens (including phenoxy) is 1. The Morgan fingerprint density at radius 3 is 2.16 bits per heavy atom. The molecule has 2 N–H and O–H groups in total. The molecule has 1 aromatic carbocycles. The van der Waals surface area contributed by atoms with E-state index in [1.54, 1.807) is 29.1 Å². The van der Waals surface area contributed by atoms with E-state index in [9.17, 15) is 9.59 Å². The SMILES string of the molecule is CC(C)Cc1ccc(C(C)C(=O)OC[n+]2ccc(C(N)=O)cc2)cc1. The first kappa shape index (κ1) is 18.6. The van der Waals surface area contributed by atoms with Crippen LogP contribution in [0.5, 0.6) is 0 Å². The summed E-state index contributed by atoms with van der Waals surface area (Å²) in [5, 5.41) is 0. The van der Waals surface area contributed by atoms with Crippen LogP contribution < -0.4 is 10.3 Å². The van der Waals surface area contributed by atoms with E-state index in [1.807, 2.05) is 19.1 Å². The van der Waals surface area contributed by atoms with Gasteiger partial charge in [0.25, 0.3) is 6.73 Å². The molecule has 25 heavy (non-hydrogen) atoms. The van der Waals surface area contributed by atoms with Crippen molar-refractivity contribution in [2.45, 2.75) is 39.8 Å². The molecule has 5 heteroatoms. The van der Waals surface area contributed by atoms with E-state index >= 15 is 0 Å². The molecular formula is C20H25N2O3+. The van der Waals surface area contributed by atoms with Crippen molar-refractivity contribution in [1.29, 1.82) is 0 Å². The smallest absolute Gasteiger partial charge is 0.317 e. The van der Waals surface area contributed by atoms with Gasteiger partial charge in [-0.2, -0.15) is 4.57 Å². The zero-order valence-electron chi connectivity index (χ0n) is 14.9. The van der Waals surface area contributed by atoms with Gasteiger partial charge in [0.15, 0.2) is 12.4 Å². The molecule has 1 atom stereocenters. The largest absolute Gasteiger partial charge is 0.404 e. The van der Waals surface area contributed by atoms with Crippen LogP contribution in [0.1, 0.15) is 48.2 Å². The second-order valence-corrected chi connectivity index (χ2v) is 6.62. The van der Waals surface area contributed by atoms with E-state index in [2.05, 4.69) is 26.0 Å². The Morgan fingerprint density at radius 2 is 1.64 bits per heavy atom.